The fourth-order valence-electron chi connectivity index (χ4n) is 3.01. The van der Waals surface area contributed by atoms with E-state index in [1.165, 1.54) is 16.7 Å². The van der Waals surface area contributed by atoms with Gasteiger partial charge in [0.1, 0.15) is 11.5 Å². The molecule has 0 spiro atoms. The molecule has 0 radical (unpaired) electrons. The smallest absolute Gasteiger partial charge is 0.338 e. The number of halogens is 1. The molecule has 8 heteroatoms. The minimum absolute atomic E-state index is 0.170. The van der Waals surface area contributed by atoms with Gasteiger partial charge in [0.05, 0.1) is 22.8 Å². The molecule has 0 aliphatic carbocycles. The molecule has 6 nitrogen and oxygen atoms in total. The highest BCUT2D eigenvalue weighted by Crippen LogP contribution is 2.34. The number of benzene rings is 2. The number of esters is 1. The highest BCUT2D eigenvalue weighted by Gasteiger charge is 2.30. The van der Waals surface area contributed by atoms with Crippen LogP contribution in [-0.2, 0) is 9.53 Å². The summed E-state index contributed by atoms with van der Waals surface area (Å²) in [5.74, 6) is 0.727. The Labute approximate surface area is 198 Å². The van der Waals surface area contributed by atoms with Crippen LogP contribution in [0.4, 0.5) is 5.69 Å². The first-order valence-electron chi connectivity index (χ1n) is 9.84. The van der Waals surface area contributed by atoms with Gasteiger partial charge < -0.3 is 9.15 Å². The van der Waals surface area contributed by atoms with Crippen molar-refractivity contribution in [3.05, 3.63) is 81.4 Å². The van der Waals surface area contributed by atoms with Gasteiger partial charge in [-0.15, -0.1) is 0 Å². The highest BCUT2D eigenvalue weighted by molar-refractivity contribution is 9.10. The van der Waals surface area contributed by atoms with Crippen LogP contribution >= 0.6 is 27.7 Å². The number of amides is 1. The summed E-state index contributed by atoms with van der Waals surface area (Å²) >= 11 is 4.67. The second-order valence-corrected chi connectivity index (χ2v) is 8.77. The SMILES string of the molecule is CCOC(=O)c1cccc(N=C2SC(=Cc3ccc(-c4ccc(Br)cc4)o3)C(=O)N2C)c1. The maximum absolute atomic E-state index is 12.7. The molecule has 2 aromatic carbocycles. The molecular formula is C24H19BrN2O4S. The van der Waals surface area contributed by atoms with E-state index in [9.17, 15) is 9.59 Å². The van der Waals surface area contributed by atoms with Gasteiger partial charge in [-0.25, -0.2) is 9.79 Å². The molecule has 0 atom stereocenters. The van der Waals surface area contributed by atoms with E-state index >= 15 is 0 Å². The third kappa shape index (κ3) is 4.87. The molecule has 0 N–H and O–H groups in total. The zero-order valence-electron chi connectivity index (χ0n) is 17.4. The average molecular weight is 511 g/mol. The van der Waals surface area contributed by atoms with Crippen LogP contribution in [0.2, 0.25) is 0 Å². The van der Waals surface area contributed by atoms with Crippen molar-refractivity contribution >= 4 is 56.5 Å². The first-order chi connectivity index (χ1) is 15.4. The van der Waals surface area contributed by atoms with Crippen molar-refractivity contribution in [1.82, 2.24) is 4.90 Å². The lowest BCUT2D eigenvalue weighted by atomic mass is 10.2. The quantitative estimate of drug-likeness (QED) is 0.305. The molecular weight excluding hydrogens is 492 g/mol. The monoisotopic (exact) mass is 510 g/mol. The van der Waals surface area contributed by atoms with Crippen molar-refractivity contribution in [3.63, 3.8) is 0 Å². The Morgan fingerprint density at radius 2 is 1.97 bits per heavy atom. The third-order valence-electron chi connectivity index (χ3n) is 4.61. The van der Waals surface area contributed by atoms with E-state index in [-0.39, 0.29) is 5.91 Å². The summed E-state index contributed by atoms with van der Waals surface area (Å²) in [6.07, 6.45) is 1.71. The number of furan rings is 1. The standard InChI is InChI=1S/C24H19BrN2O4S/c1-3-30-23(29)16-5-4-6-18(13-16)26-24-27(2)22(28)21(32-24)14-19-11-12-20(31-19)15-7-9-17(25)10-8-15/h4-14H,3H2,1-2H3. The summed E-state index contributed by atoms with van der Waals surface area (Å²) in [4.78, 5) is 31.2. The lowest BCUT2D eigenvalue weighted by Gasteiger charge is -2.07. The Kier molecular flexibility index (Phi) is 6.62. The molecule has 4 rings (SSSR count). The van der Waals surface area contributed by atoms with Crippen LogP contribution in [0.1, 0.15) is 23.0 Å². The molecule has 0 bridgehead atoms. The zero-order valence-corrected chi connectivity index (χ0v) is 19.8. The van der Waals surface area contributed by atoms with Crippen molar-refractivity contribution in [2.24, 2.45) is 4.99 Å². The lowest BCUT2D eigenvalue weighted by molar-refractivity contribution is -0.121. The van der Waals surface area contributed by atoms with Gasteiger partial charge in [-0.05, 0) is 61.2 Å². The van der Waals surface area contributed by atoms with Crippen molar-refractivity contribution in [2.45, 2.75) is 6.92 Å². The predicted octanol–water partition coefficient (Wildman–Crippen LogP) is 6.12. The van der Waals surface area contributed by atoms with E-state index < -0.39 is 5.97 Å². The van der Waals surface area contributed by atoms with Gasteiger partial charge in [0.25, 0.3) is 5.91 Å². The van der Waals surface area contributed by atoms with Crippen molar-refractivity contribution in [3.8, 4) is 11.3 Å². The highest BCUT2D eigenvalue weighted by atomic mass is 79.9. The van der Waals surface area contributed by atoms with E-state index in [1.807, 2.05) is 36.4 Å². The second kappa shape index (κ2) is 9.58. The number of thioether (sulfide) groups is 1. The predicted molar refractivity (Wildman–Crippen MR) is 130 cm³/mol. The molecule has 1 fully saturated rings. The summed E-state index contributed by atoms with van der Waals surface area (Å²) in [6.45, 7) is 2.06. The van der Waals surface area contributed by atoms with E-state index in [1.54, 1.807) is 44.3 Å². The first kappa shape index (κ1) is 22.1. The Morgan fingerprint density at radius 1 is 1.19 bits per heavy atom. The normalized spacial score (nSPS) is 16.2. The summed E-state index contributed by atoms with van der Waals surface area (Å²) in [5, 5.41) is 0.516. The molecule has 162 valence electrons. The fourth-order valence-corrected chi connectivity index (χ4v) is 4.24. The number of likely N-dealkylation sites (N-methyl/N-ethyl adjacent to an activating group) is 1. The Balaban J connectivity index is 1.55. The number of hydrogen-bond donors (Lipinski definition) is 0. The van der Waals surface area contributed by atoms with Crippen LogP contribution in [0.3, 0.4) is 0 Å². The molecule has 3 aromatic rings. The molecule has 1 aromatic heterocycles. The number of nitrogens with zero attached hydrogens (tertiary/aromatic N) is 2. The molecule has 1 aliphatic heterocycles. The van der Waals surface area contributed by atoms with Crippen LogP contribution in [0.25, 0.3) is 17.4 Å². The van der Waals surface area contributed by atoms with Gasteiger partial charge in [-0.2, -0.15) is 0 Å². The van der Waals surface area contributed by atoms with Crippen LogP contribution in [0, 0.1) is 0 Å². The number of amidine groups is 1. The van der Waals surface area contributed by atoms with Gasteiger partial charge in [-0.1, -0.05) is 34.1 Å². The second-order valence-electron chi connectivity index (χ2n) is 6.85. The zero-order chi connectivity index (χ0) is 22.7. The number of ether oxygens (including phenoxy) is 1. The number of rotatable bonds is 5. The molecule has 2 heterocycles. The maximum atomic E-state index is 12.7. The van der Waals surface area contributed by atoms with Crippen LogP contribution in [-0.4, -0.2) is 35.6 Å². The fraction of sp³-hybridized carbons (Fsp3) is 0.125. The van der Waals surface area contributed by atoms with Crippen molar-refractivity contribution in [1.29, 1.82) is 0 Å². The molecule has 1 saturated heterocycles. The topological polar surface area (TPSA) is 72.1 Å². The van der Waals surface area contributed by atoms with Crippen LogP contribution < -0.4 is 0 Å². The Bertz CT molecular complexity index is 1230. The number of carbonyl (C=O) groups excluding carboxylic acids is 2. The lowest BCUT2D eigenvalue weighted by Crippen LogP contribution is -2.23. The van der Waals surface area contributed by atoms with E-state index in [2.05, 4.69) is 20.9 Å². The molecule has 0 unspecified atom stereocenters. The minimum atomic E-state index is -0.405. The molecule has 1 aliphatic rings. The summed E-state index contributed by atoms with van der Waals surface area (Å²) < 4.78 is 11.9. The molecule has 0 saturated carbocycles. The third-order valence-corrected chi connectivity index (χ3v) is 6.20. The van der Waals surface area contributed by atoms with E-state index in [4.69, 9.17) is 9.15 Å². The summed E-state index contributed by atoms with van der Waals surface area (Å²) in [6, 6.07) is 18.3. The number of hydrogen-bond acceptors (Lipinski definition) is 6. The van der Waals surface area contributed by atoms with Gasteiger partial charge in [0.2, 0.25) is 0 Å². The average Bonchev–Trinajstić information content (AvgIpc) is 3.35. The Hall–Kier alpha value is -3.10. The first-order valence-corrected chi connectivity index (χ1v) is 11.4. The molecule has 1 amide bonds. The van der Waals surface area contributed by atoms with Gasteiger partial charge in [0.15, 0.2) is 5.17 Å². The maximum Gasteiger partial charge on any atom is 0.338 e. The van der Waals surface area contributed by atoms with Crippen molar-refractivity contribution < 1.29 is 18.7 Å². The number of carbonyl (C=O) groups is 2. The van der Waals surface area contributed by atoms with Crippen molar-refractivity contribution in [2.75, 3.05) is 13.7 Å². The van der Waals surface area contributed by atoms with Gasteiger partial charge in [0, 0.05) is 23.2 Å². The minimum Gasteiger partial charge on any atom is -0.462 e. The van der Waals surface area contributed by atoms with Gasteiger partial charge in [-0.3, -0.25) is 9.69 Å². The molecule has 32 heavy (non-hydrogen) atoms. The number of aliphatic imine (C=N–C) groups is 1. The van der Waals surface area contributed by atoms with Crippen LogP contribution in [0.15, 0.2) is 79.5 Å². The van der Waals surface area contributed by atoms with Crippen LogP contribution in [0.5, 0.6) is 0 Å². The van der Waals surface area contributed by atoms with E-state index in [0.717, 1.165) is 15.8 Å². The largest absolute Gasteiger partial charge is 0.462 e. The summed E-state index contributed by atoms with van der Waals surface area (Å²) in [5.41, 5.74) is 1.93. The summed E-state index contributed by atoms with van der Waals surface area (Å²) in [7, 11) is 1.67. The van der Waals surface area contributed by atoms with Gasteiger partial charge >= 0.3 is 5.97 Å². The van der Waals surface area contributed by atoms with E-state index in [0.29, 0.717) is 33.7 Å². The Morgan fingerprint density at radius 3 is 2.72 bits per heavy atom.